The number of nitrogens with one attached hydrogen (secondary N) is 1. The Hall–Kier alpha value is -0.120. The van der Waals surface area contributed by atoms with E-state index in [1.165, 1.54) is 52.0 Å². The molecule has 1 saturated carbocycles. The number of hydrogen-bond acceptors (Lipinski definition) is 3. The van der Waals surface area contributed by atoms with Gasteiger partial charge in [-0.05, 0) is 39.3 Å². The molecule has 1 unspecified atom stereocenters. The van der Waals surface area contributed by atoms with E-state index >= 15 is 0 Å². The number of rotatable bonds is 6. The molecule has 2 fully saturated rings. The van der Waals surface area contributed by atoms with Crippen molar-refractivity contribution < 1.29 is 0 Å². The summed E-state index contributed by atoms with van der Waals surface area (Å²) in [5, 5.41) is 3.48. The molecule has 3 heteroatoms. The van der Waals surface area contributed by atoms with E-state index in [2.05, 4.69) is 29.0 Å². The SMILES string of the molecule is CCNC(C)CCN1CCN(C2CC2)CC1. The van der Waals surface area contributed by atoms with Crippen LogP contribution in [0.25, 0.3) is 0 Å². The fourth-order valence-corrected chi connectivity index (χ4v) is 2.62. The van der Waals surface area contributed by atoms with Crippen molar-refractivity contribution in [2.24, 2.45) is 0 Å². The van der Waals surface area contributed by atoms with Gasteiger partial charge in [-0.25, -0.2) is 0 Å². The molecule has 16 heavy (non-hydrogen) atoms. The third-order valence-electron chi connectivity index (χ3n) is 3.90. The smallest absolute Gasteiger partial charge is 0.0113 e. The molecule has 1 saturated heterocycles. The van der Waals surface area contributed by atoms with Gasteiger partial charge in [0.1, 0.15) is 0 Å². The first-order chi connectivity index (χ1) is 7.79. The van der Waals surface area contributed by atoms with Gasteiger partial charge in [0.2, 0.25) is 0 Å². The van der Waals surface area contributed by atoms with Crippen molar-refractivity contribution in [2.75, 3.05) is 39.3 Å². The minimum Gasteiger partial charge on any atom is -0.314 e. The second-order valence-corrected chi connectivity index (χ2v) is 5.36. The van der Waals surface area contributed by atoms with E-state index in [9.17, 15) is 0 Å². The molecule has 1 aliphatic heterocycles. The molecule has 2 rings (SSSR count). The van der Waals surface area contributed by atoms with Gasteiger partial charge in [-0.2, -0.15) is 0 Å². The molecule has 1 heterocycles. The highest BCUT2D eigenvalue weighted by Crippen LogP contribution is 2.27. The lowest BCUT2D eigenvalue weighted by Gasteiger charge is -2.35. The highest BCUT2D eigenvalue weighted by molar-refractivity contribution is 4.87. The minimum atomic E-state index is 0.673. The molecule has 2 aliphatic rings. The van der Waals surface area contributed by atoms with E-state index in [1.807, 2.05) is 0 Å². The molecule has 0 radical (unpaired) electrons. The molecule has 0 amide bonds. The average molecular weight is 225 g/mol. The van der Waals surface area contributed by atoms with Crippen molar-refractivity contribution in [1.29, 1.82) is 0 Å². The summed E-state index contributed by atoms with van der Waals surface area (Å²) in [6, 6.07) is 1.63. The lowest BCUT2D eigenvalue weighted by atomic mass is 10.2. The van der Waals surface area contributed by atoms with E-state index in [-0.39, 0.29) is 0 Å². The first kappa shape index (κ1) is 12.3. The Labute approximate surface area is 100 Å². The molecule has 3 nitrogen and oxygen atoms in total. The molecule has 0 bridgehead atoms. The maximum Gasteiger partial charge on any atom is 0.0113 e. The van der Waals surface area contributed by atoms with Crippen LogP contribution in [0.15, 0.2) is 0 Å². The fraction of sp³-hybridized carbons (Fsp3) is 1.00. The Balaban J connectivity index is 1.57. The average Bonchev–Trinajstić information content (AvgIpc) is 3.11. The maximum absolute atomic E-state index is 3.48. The van der Waals surface area contributed by atoms with E-state index in [4.69, 9.17) is 0 Å². The van der Waals surface area contributed by atoms with Gasteiger partial charge in [0.05, 0.1) is 0 Å². The normalized spacial score (nSPS) is 25.9. The van der Waals surface area contributed by atoms with Crippen molar-refractivity contribution in [2.45, 2.75) is 45.2 Å². The van der Waals surface area contributed by atoms with E-state index in [1.54, 1.807) is 0 Å². The molecule has 1 atom stereocenters. The highest BCUT2D eigenvalue weighted by Gasteiger charge is 2.30. The zero-order valence-electron chi connectivity index (χ0n) is 10.9. The van der Waals surface area contributed by atoms with Crippen LogP contribution >= 0.6 is 0 Å². The molecule has 1 aliphatic carbocycles. The monoisotopic (exact) mass is 225 g/mol. The number of piperazine rings is 1. The van der Waals surface area contributed by atoms with Gasteiger partial charge in [0, 0.05) is 38.3 Å². The van der Waals surface area contributed by atoms with Crippen LogP contribution in [0.4, 0.5) is 0 Å². The summed E-state index contributed by atoms with van der Waals surface area (Å²) in [5.74, 6) is 0. The largest absolute Gasteiger partial charge is 0.314 e. The van der Waals surface area contributed by atoms with Gasteiger partial charge in [-0.3, -0.25) is 4.90 Å². The lowest BCUT2D eigenvalue weighted by molar-refractivity contribution is 0.123. The predicted octanol–water partition coefficient (Wildman–Crippen LogP) is 1.15. The predicted molar refractivity (Wildman–Crippen MR) is 68.8 cm³/mol. The van der Waals surface area contributed by atoms with Crippen molar-refractivity contribution in [3.63, 3.8) is 0 Å². The Kier molecular flexibility index (Phi) is 4.62. The molecule has 0 spiro atoms. The zero-order chi connectivity index (χ0) is 11.4. The molecule has 1 N–H and O–H groups in total. The lowest BCUT2D eigenvalue weighted by Crippen LogP contribution is -2.48. The van der Waals surface area contributed by atoms with Crippen molar-refractivity contribution in [3.8, 4) is 0 Å². The Bertz CT molecular complexity index is 195. The standard InChI is InChI=1S/C13H27N3/c1-3-14-12(2)6-7-15-8-10-16(11-9-15)13-4-5-13/h12-14H,3-11H2,1-2H3. The van der Waals surface area contributed by atoms with Gasteiger partial charge in [-0.15, -0.1) is 0 Å². The molecule has 94 valence electrons. The topological polar surface area (TPSA) is 18.5 Å². The summed E-state index contributed by atoms with van der Waals surface area (Å²) in [4.78, 5) is 5.32. The summed E-state index contributed by atoms with van der Waals surface area (Å²) in [6.45, 7) is 12.0. The fourth-order valence-electron chi connectivity index (χ4n) is 2.62. The molecular formula is C13H27N3. The van der Waals surface area contributed by atoms with Crippen LogP contribution in [0.1, 0.15) is 33.1 Å². The van der Waals surface area contributed by atoms with Crippen molar-refractivity contribution >= 4 is 0 Å². The second kappa shape index (κ2) is 5.99. The Morgan fingerprint density at radius 2 is 1.88 bits per heavy atom. The van der Waals surface area contributed by atoms with Gasteiger partial charge in [0.25, 0.3) is 0 Å². The Morgan fingerprint density at radius 1 is 1.19 bits per heavy atom. The van der Waals surface area contributed by atoms with Crippen LogP contribution < -0.4 is 5.32 Å². The molecular weight excluding hydrogens is 198 g/mol. The molecule has 0 aromatic heterocycles. The summed E-state index contributed by atoms with van der Waals surface area (Å²) in [6.07, 6.45) is 4.20. The highest BCUT2D eigenvalue weighted by atomic mass is 15.3. The van der Waals surface area contributed by atoms with Crippen LogP contribution in [-0.4, -0.2) is 61.2 Å². The van der Waals surface area contributed by atoms with E-state index < -0.39 is 0 Å². The van der Waals surface area contributed by atoms with Crippen LogP contribution in [-0.2, 0) is 0 Å². The van der Waals surface area contributed by atoms with Gasteiger partial charge >= 0.3 is 0 Å². The first-order valence-corrected chi connectivity index (χ1v) is 6.99. The van der Waals surface area contributed by atoms with Crippen LogP contribution in [0.3, 0.4) is 0 Å². The first-order valence-electron chi connectivity index (χ1n) is 6.99. The van der Waals surface area contributed by atoms with E-state index in [0.717, 1.165) is 12.6 Å². The third kappa shape index (κ3) is 3.72. The quantitative estimate of drug-likeness (QED) is 0.732. The van der Waals surface area contributed by atoms with Crippen molar-refractivity contribution in [3.05, 3.63) is 0 Å². The minimum absolute atomic E-state index is 0.673. The summed E-state index contributed by atoms with van der Waals surface area (Å²) in [5.41, 5.74) is 0. The van der Waals surface area contributed by atoms with Gasteiger partial charge in [-0.1, -0.05) is 6.92 Å². The number of nitrogens with zero attached hydrogens (tertiary/aromatic N) is 2. The van der Waals surface area contributed by atoms with Gasteiger partial charge < -0.3 is 10.2 Å². The van der Waals surface area contributed by atoms with Gasteiger partial charge in [0.15, 0.2) is 0 Å². The summed E-state index contributed by atoms with van der Waals surface area (Å²) in [7, 11) is 0. The Morgan fingerprint density at radius 3 is 2.44 bits per heavy atom. The zero-order valence-corrected chi connectivity index (χ0v) is 10.9. The third-order valence-corrected chi connectivity index (χ3v) is 3.90. The number of hydrogen-bond donors (Lipinski definition) is 1. The van der Waals surface area contributed by atoms with E-state index in [0.29, 0.717) is 6.04 Å². The van der Waals surface area contributed by atoms with Crippen LogP contribution in [0.2, 0.25) is 0 Å². The van der Waals surface area contributed by atoms with Crippen LogP contribution in [0, 0.1) is 0 Å². The van der Waals surface area contributed by atoms with Crippen LogP contribution in [0.5, 0.6) is 0 Å². The maximum atomic E-state index is 3.48. The summed E-state index contributed by atoms with van der Waals surface area (Å²) < 4.78 is 0. The summed E-state index contributed by atoms with van der Waals surface area (Å²) >= 11 is 0. The van der Waals surface area contributed by atoms with Crippen molar-refractivity contribution in [1.82, 2.24) is 15.1 Å². The molecule has 0 aromatic rings. The molecule has 0 aromatic carbocycles. The second-order valence-electron chi connectivity index (χ2n) is 5.36.